The molecule has 1 saturated heterocycles. The van der Waals surface area contributed by atoms with Gasteiger partial charge >= 0.3 is 0 Å². The highest BCUT2D eigenvalue weighted by Crippen LogP contribution is 2.20. The van der Waals surface area contributed by atoms with Crippen LogP contribution in [0.25, 0.3) is 5.82 Å². The van der Waals surface area contributed by atoms with Crippen LogP contribution in [0.1, 0.15) is 29.8 Å². The van der Waals surface area contributed by atoms with Crippen molar-refractivity contribution in [3.05, 3.63) is 65.7 Å². The third-order valence-electron chi connectivity index (χ3n) is 5.24. The van der Waals surface area contributed by atoms with E-state index in [0.717, 1.165) is 29.8 Å². The highest BCUT2D eigenvalue weighted by Gasteiger charge is 2.28. The number of aromatic nitrogens is 4. The van der Waals surface area contributed by atoms with Crippen molar-refractivity contribution in [2.45, 2.75) is 38.5 Å². The van der Waals surface area contributed by atoms with Crippen molar-refractivity contribution in [2.75, 3.05) is 18.4 Å². The van der Waals surface area contributed by atoms with Crippen molar-refractivity contribution in [2.24, 2.45) is 0 Å². The molecule has 3 aromatic rings. The Kier molecular flexibility index (Phi) is 5.83. The Bertz CT molecular complexity index is 1110. The largest absolute Gasteiger partial charge is 0.366 e. The molecular weight excluding hydrogens is 400 g/mol. The molecule has 0 amide bonds. The van der Waals surface area contributed by atoms with Crippen molar-refractivity contribution in [1.29, 1.82) is 0 Å². The number of nitrogens with one attached hydrogen (secondary N) is 1. The quantitative estimate of drug-likeness (QED) is 0.651. The third-order valence-corrected chi connectivity index (χ3v) is 7.09. The van der Waals surface area contributed by atoms with Crippen molar-refractivity contribution < 1.29 is 8.42 Å². The Hall–Kier alpha value is -2.78. The van der Waals surface area contributed by atoms with Crippen LogP contribution in [0.2, 0.25) is 0 Å². The van der Waals surface area contributed by atoms with Gasteiger partial charge in [0.05, 0.1) is 23.8 Å². The Balaban J connectivity index is 1.37. The second kappa shape index (κ2) is 8.53. The number of benzene rings is 1. The van der Waals surface area contributed by atoms with Gasteiger partial charge in [-0.2, -0.15) is 5.10 Å². The predicted octanol–water partition coefficient (Wildman–Crippen LogP) is 2.69. The van der Waals surface area contributed by atoms with Crippen LogP contribution in [0.5, 0.6) is 0 Å². The van der Waals surface area contributed by atoms with Crippen LogP contribution in [-0.4, -0.2) is 51.6 Å². The average Bonchev–Trinajstić information content (AvgIpc) is 3.07. The first-order valence-corrected chi connectivity index (χ1v) is 11.7. The molecule has 1 fully saturated rings. The minimum atomic E-state index is -3.31. The van der Waals surface area contributed by atoms with Gasteiger partial charge in [0.25, 0.3) is 0 Å². The molecule has 3 heterocycles. The summed E-state index contributed by atoms with van der Waals surface area (Å²) in [6.45, 7) is 4.92. The van der Waals surface area contributed by atoms with Gasteiger partial charge in [0.2, 0.25) is 10.0 Å². The molecule has 0 unspecified atom stereocenters. The van der Waals surface area contributed by atoms with Gasteiger partial charge in [-0.15, -0.1) is 0 Å². The first-order chi connectivity index (χ1) is 14.4. The minimum Gasteiger partial charge on any atom is -0.366 e. The van der Waals surface area contributed by atoms with E-state index in [0.29, 0.717) is 24.7 Å². The smallest absolute Gasteiger partial charge is 0.218 e. The molecule has 8 nitrogen and oxygen atoms in total. The molecule has 1 aromatic carbocycles. The summed E-state index contributed by atoms with van der Waals surface area (Å²) in [5.74, 6) is 1.38. The Morgan fingerprint density at radius 1 is 1.10 bits per heavy atom. The molecule has 0 aliphatic carbocycles. The number of sulfonamides is 1. The van der Waals surface area contributed by atoms with E-state index in [4.69, 9.17) is 0 Å². The van der Waals surface area contributed by atoms with E-state index in [9.17, 15) is 8.42 Å². The molecule has 9 heteroatoms. The number of anilines is 1. The fourth-order valence-electron chi connectivity index (χ4n) is 3.75. The zero-order valence-electron chi connectivity index (χ0n) is 17.2. The van der Waals surface area contributed by atoms with Crippen LogP contribution in [0.4, 0.5) is 5.82 Å². The molecule has 0 spiro atoms. The second-order valence-electron chi connectivity index (χ2n) is 7.66. The van der Waals surface area contributed by atoms with Gasteiger partial charge in [0.15, 0.2) is 5.82 Å². The molecule has 0 radical (unpaired) electrons. The highest BCUT2D eigenvalue weighted by molar-refractivity contribution is 7.88. The van der Waals surface area contributed by atoms with E-state index in [1.54, 1.807) is 21.4 Å². The van der Waals surface area contributed by atoms with Gasteiger partial charge in [-0.3, -0.25) is 4.98 Å². The maximum atomic E-state index is 12.7. The maximum Gasteiger partial charge on any atom is 0.218 e. The molecule has 0 atom stereocenters. The first-order valence-electron chi connectivity index (χ1n) is 10.0. The van der Waals surface area contributed by atoms with Crippen molar-refractivity contribution in [1.82, 2.24) is 24.1 Å². The summed E-state index contributed by atoms with van der Waals surface area (Å²) < 4.78 is 28.8. The summed E-state index contributed by atoms with van der Waals surface area (Å²) in [5, 5.41) is 7.86. The van der Waals surface area contributed by atoms with E-state index in [-0.39, 0.29) is 11.8 Å². The van der Waals surface area contributed by atoms with Crippen molar-refractivity contribution in [3.8, 4) is 5.82 Å². The first kappa shape index (κ1) is 20.5. The van der Waals surface area contributed by atoms with Crippen LogP contribution in [-0.2, 0) is 15.8 Å². The molecule has 1 N–H and O–H groups in total. The second-order valence-corrected chi connectivity index (χ2v) is 9.63. The van der Waals surface area contributed by atoms with Gasteiger partial charge < -0.3 is 5.32 Å². The van der Waals surface area contributed by atoms with Crippen LogP contribution >= 0.6 is 0 Å². The van der Waals surface area contributed by atoms with Crippen molar-refractivity contribution in [3.63, 3.8) is 0 Å². The topological polar surface area (TPSA) is 93.0 Å². The number of aryl methyl sites for hydroxylation is 2. The average molecular weight is 427 g/mol. The van der Waals surface area contributed by atoms with E-state index in [2.05, 4.69) is 20.4 Å². The summed E-state index contributed by atoms with van der Waals surface area (Å²) in [6, 6.07) is 11.5. The number of rotatable bonds is 6. The zero-order valence-corrected chi connectivity index (χ0v) is 18.0. The van der Waals surface area contributed by atoms with Gasteiger partial charge in [0.1, 0.15) is 5.82 Å². The van der Waals surface area contributed by atoms with E-state index >= 15 is 0 Å². The van der Waals surface area contributed by atoms with Crippen molar-refractivity contribution >= 4 is 15.8 Å². The molecule has 30 heavy (non-hydrogen) atoms. The van der Waals surface area contributed by atoms with Gasteiger partial charge in [0, 0.05) is 24.8 Å². The lowest BCUT2D eigenvalue weighted by Gasteiger charge is -2.31. The molecule has 1 aliphatic rings. The number of hydrogen-bond donors (Lipinski definition) is 1. The Morgan fingerprint density at radius 3 is 2.50 bits per heavy atom. The Morgan fingerprint density at radius 2 is 1.83 bits per heavy atom. The van der Waals surface area contributed by atoms with Crippen LogP contribution in [0.3, 0.4) is 0 Å². The molecule has 1 aliphatic heterocycles. The molecule has 158 valence electrons. The summed E-state index contributed by atoms with van der Waals surface area (Å²) in [7, 11) is -3.31. The third kappa shape index (κ3) is 4.68. The summed E-state index contributed by atoms with van der Waals surface area (Å²) in [4.78, 5) is 8.92. The molecule has 4 rings (SSSR count). The highest BCUT2D eigenvalue weighted by atomic mass is 32.2. The molecule has 0 bridgehead atoms. The fraction of sp³-hybridized carbons (Fsp3) is 0.381. The van der Waals surface area contributed by atoms with Crippen LogP contribution in [0.15, 0.2) is 48.8 Å². The molecular formula is C21H26N6O2S. The minimum absolute atomic E-state index is 0.0437. The maximum absolute atomic E-state index is 12.7. The van der Waals surface area contributed by atoms with Gasteiger partial charge in [-0.1, -0.05) is 30.3 Å². The number of hydrogen-bond acceptors (Lipinski definition) is 6. The van der Waals surface area contributed by atoms with Gasteiger partial charge in [-0.05, 0) is 38.3 Å². The monoisotopic (exact) mass is 426 g/mol. The van der Waals surface area contributed by atoms with E-state index in [1.807, 2.05) is 50.2 Å². The SMILES string of the molecule is Cc1cc(C)n(-c2cncc(NC3CCN(S(=O)(=O)Cc4ccccc4)CC3)n2)n1. The fourth-order valence-corrected chi connectivity index (χ4v) is 5.32. The summed E-state index contributed by atoms with van der Waals surface area (Å²) in [6.07, 6.45) is 4.82. The normalized spacial score (nSPS) is 15.9. The number of piperidine rings is 1. The lowest BCUT2D eigenvalue weighted by atomic mass is 10.1. The van der Waals surface area contributed by atoms with E-state index < -0.39 is 10.0 Å². The Labute approximate surface area is 177 Å². The van der Waals surface area contributed by atoms with Crippen LogP contribution in [0, 0.1) is 13.8 Å². The summed E-state index contributed by atoms with van der Waals surface area (Å²) in [5.41, 5.74) is 2.74. The predicted molar refractivity (Wildman–Crippen MR) is 116 cm³/mol. The number of nitrogens with zero attached hydrogens (tertiary/aromatic N) is 5. The molecule has 2 aromatic heterocycles. The lowest BCUT2D eigenvalue weighted by Crippen LogP contribution is -2.42. The van der Waals surface area contributed by atoms with Crippen LogP contribution < -0.4 is 5.32 Å². The standard InChI is InChI=1S/C21H26N6O2S/c1-16-12-17(2)27(25-16)21-14-22-13-20(24-21)23-19-8-10-26(11-9-19)30(28,29)15-18-6-4-3-5-7-18/h3-7,12-14,19H,8-11,15H2,1-2H3,(H,23,24). The molecule has 0 saturated carbocycles. The zero-order chi connectivity index (χ0) is 21.1. The summed E-state index contributed by atoms with van der Waals surface area (Å²) >= 11 is 0. The van der Waals surface area contributed by atoms with E-state index in [1.165, 1.54) is 0 Å². The van der Waals surface area contributed by atoms with Gasteiger partial charge in [-0.25, -0.2) is 22.4 Å². The lowest BCUT2D eigenvalue weighted by molar-refractivity contribution is 0.329.